The molecule has 0 atom stereocenters. The molecule has 266 valence electrons. The molecule has 0 radical (unpaired) electrons. The zero-order chi connectivity index (χ0) is 35.7. The van der Waals surface area contributed by atoms with Gasteiger partial charge in [0.2, 0.25) is 0 Å². The van der Waals surface area contributed by atoms with Crippen LogP contribution >= 0.6 is 0 Å². The lowest BCUT2D eigenvalue weighted by Gasteiger charge is -2.40. The molecule has 3 aromatic rings. The van der Waals surface area contributed by atoms with Crippen molar-refractivity contribution in [1.29, 1.82) is 0 Å². The molecular weight excluding hydrogens is 620 g/mol. The third-order valence-corrected chi connectivity index (χ3v) is 8.91. The minimum atomic E-state index is -0.544. The lowest BCUT2D eigenvalue weighted by atomic mass is 9.88. The zero-order valence-electron chi connectivity index (χ0n) is 30.5. The number of H-pyrrole nitrogens is 1. The number of rotatable bonds is 13. The largest absolute Gasteiger partial charge is 0.491 e. The molecule has 0 unspecified atom stereocenters. The molecule has 1 fully saturated rings. The van der Waals surface area contributed by atoms with Crippen LogP contribution in [0.1, 0.15) is 92.7 Å². The van der Waals surface area contributed by atoms with Crippen LogP contribution in [0.15, 0.2) is 47.3 Å². The second-order valence-electron chi connectivity index (χ2n) is 14.0. The number of pyridine rings is 1. The highest BCUT2D eigenvalue weighted by molar-refractivity contribution is 5.99. The molecule has 0 bridgehead atoms. The molecule has 3 N–H and O–H groups in total. The quantitative estimate of drug-likeness (QED) is 0.167. The summed E-state index contributed by atoms with van der Waals surface area (Å²) < 4.78 is 16.4. The Kier molecular flexibility index (Phi) is 12.9. The first-order chi connectivity index (χ1) is 23.3. The average Bonchev–Trinajstić information content (AvgIpc) is 3.03. The number of nitrogens with zero attached hydrogens (tertiary/aromatic N) is 1. The summed E-state index contributed by atoms with van der Waals surface area (Å²) in [5.74, 6) is 0.510. The summed E-state index contributed by atoms with van der Waals surface area (Å²) >= 11 is 0. The van der Waals surface area contributed by atoms with Crippen LogP contribution in [-0.2, 0) is 16.0 Å². The smallest absolute Gasteiger partial charge is 0.407 e. The van der Waals surface area contributed by atoms with Crippen molar-refractivity contribution in [1.82, 2.24) is 15.6 Å². The fraction of sp³-hybridized carbons (Fsp3) is 0.513. The number of alkyl carbamates (subject to hydrolysis) is 1. The predicted octanol–water partition coefficient (Wildman–Crippen LogP) is 6.97. The molecule has 2 aromatic carbocycles. The van der Waals surface area contributed by atoms with Crippen LogP contribution < -0.4 is 25.7 Å². The van der Waals surface area contributed by atoms with Gasteiger partial charge in [-0.25, -0.2) is 4.79 Å². The number of carbonyl (C=O) groups is 2. The van der Waals surface area contributed by atoms with Crippen molar-refractivity contribution in [2.24, 2.45) is 0 Å². The Morgan fingerprint density at radius 1 is 0.959 bits per heavy atom. The van der Waals surface area contributed by atoms with Crippen LogP contribution in [0.5, 0.6) is 5.75 Å². The molecule has 1 heterocycles. The van der Waals surface area contributed by atoms with Gasteiger partial charge >= 0.3 is 6.09 Å². The van der Waals surface area contributed by atoms with Gasteiger partial charge in [0.1, 0.15) is 18.0 Å². The summed E-state index contributed by atoms with van der Waals surface area (Å²) in [6.45, 7) is 15.4. The normalized spacial score (nSPS) is 16.2. The highest BCUT2D eigenvalue weighted by Gasteiger charge is 2.30. The van der Waals surface area contributed by atoms with E-state index >= 15 is 0 Å². The maximum Gasteiger partial charge on any atom is 0.407 e. The number of methoxy groups -OCH3 is 1. The minimum absolute atomic E-state index is 0.0568. The molecule has 1 aliphatic rings. The van der Waals surface area contributed by atoms with Crippen molar-refractivity contribution in [2.45, 2.75) is 105 Å². The van der Waals surface area contributed by atoms with E-state index < -0.39 is 5.60 Å². The van der Waals surface area contributed by atoms with Gasteiger partial charge in [-0.15, -0.1) is 0 Å². The van der Waals surface area contributed by atoms with E-state index in [1.807, 2.05) is 71.9 Å². The molecular formula is C39H54N4O6. The molecule has 0 saturated heterocycles. The number of ether oxygens (including phenoxy) is 3. The first-order valence-corrected chi connectivity index (χ1v) is 17.4. The summed E-state index contributed by atoms with van der Waals surface area (Å²) in [4.78, 5) is 44.8. The van der Waals surface area contributed by atoms with Gasteiger partial charge < -0.3 is 34.7 Å². The summed E-state index contributed by atoms with van der Waals surface area (Å²) in [5.41, 5.74) is 5.77. The van der Waals surface area contributed by atoms with Gasteiger partial charge in [-0.3, -0.25) is 9.59 Å². The number of amides is 2. The van der Waals surface area contributed by atoms with Crippen molar-refractivity contribution in [3.8, 4) is 16.9 Å². The predicted molar refractivity (Wildman–Crippen MR) is 195 cm³/mol. The van der Waals surface area contributed by atoms with E-state index in [4.69, 9.17) is 14.2 Å². The maximum atomic E-state index is 13.9. The fourth-order valence-electron chi connectivity index (χ4n) is 6.49. The van der Waals surface area contributed by atoms with E-state index in [-0.39, 0.29) is 36.1 Å². The van der Waals surface area contributed by atoms with Gasteiger partial charge in [0.05, 0.1) is 6.61 Å². The van der Waals surface area contributed by atoms with E-state index in [1.165, 1.54) is 0 Å². The summed E-state index contributed by atoms with van der Waals surface area (Å²) in [6.07, 6.45) is 4.03. The number of anilines is 1. The number of aromatic amines is 1. The molecule has 1 aliphatic carbocycles. The number of aryl methyl sites for hydroxylation is 2. The molecule has 0 spiro atoms. The molecule has 0 aliphatic heterocycles. The maximum absolute atomic E-state index is 13.9. The number of aromatic nitrogens is 1. The Hall–Kier alpha value is -4.31. The Morgan fingerprint density at radius 3 is 2.27 bits per heavy atom. The van der Waals surface area contributed by atoms with Crippen LogP contribution in [0.4, 0.5) is 10.5 Å². The lowest BCUT2D eigenvalue weighted by Crippen LogP contribution is -2.45. The highest BCUT2D eigenvalue weighted by Crippen LogP contribution is 2.36. The second kappa shape index (κ2) is 16.9. The first kappa shape index (κ1) is 37.5. The van der Waals surface area contributed by atoms with E-state index in [1.54, 1.807) is 13.2 Å². The number of carbonyl (C=O) groups excluding carboxylic acids is 2. The molecule has 1 aromatic heterocycles. The SMILES string of the molecule is CCCN(c1cc(-c2ccc(OCCOC)cc2)cc(C(=O)NCc2c(C)[nH]c(C)cc2=O)c1C)C1CCC(NC(=O)OC(C)(C)C)CC1. The fourth-order valence-corrected chi connectivity index (χ4v) is 6.49. The number of benzene rings is 2. The van der Waals surface area contributed by atoms with E-state index in [0.29, 0.717) is 24.3 Å². The third kappa shape index (κ3) is 10.3. The van der Waals surface area contributed by atoms with Gasteiger partial charge in [0.15, 0.2) is 5.43 Å². The van der Waals surface area contributed by atoms with Crippen molar-refractivity contribution < 1.29 is 23.8 Å². The van der Waals surface area contributed by atoms with Gasteiger partial charge in [-0.05, 0) is 115 Å². The Labute approximate surface area is 290 Å². The van der Waals surface area contributed by atoms with Crippen molar-refractivity contribution in [3.05, 3.63) is 80.8 Å². The molecule has 10 nitrogen and oxygen atoms in total. The third-order valence-electron chi connectivity index (χ3n) is 8.91. The standard InChI is InChI=1S/C39H54N4O6/c1-9-18-43(31-14-12-30(13-15-31)42-38(46)49-39(5,6)7)35-23-29(28-10-16-32(17-11-28)48-20-19-47-8)22-33(26(35)3)37(45)40-24-34-27(4)41-25(2)21-36(34)44/h10-11,16-17,21-23,30-31H,9,12-15,18-20,24H2,1-8H3,(H,40,45)(H,41,44)(H,42,46). The number of hydrogen-bond acceptors (Lipinski definition) is 7. The molecule has 4 rings (SSSR count). The van der Waals surface area contributed by atoms with Crippen molar-refractivity contribution in [3.63, 3.8) is 0 Å². The van der Waals surface area contributed by atoms with Crippen molar-refractivity contribution in [2.75, 3.05) is 31.8 Å². The van der Waals surface area contributed by atoms with Gasteiger partial charge in [0, 0.05) is 66.6 Å². The van der Waals surface area contributed by atoms with Crippen LogP contribution in [0.25, 0.3) is 11.1 Å². The van der Waals surface area contributed by atoms with E-state index in [9.17, 15) is 14.4 Å². The van der Waals surface area contributed by atoms with Gasteiger partial charge in [0.25, 0.3) is 5.91 Å². The van der Waals surface area contributed by atoms with E-state index in [2.05, 4.69) is 33.5 Å². The van der Waals surface area contributed by atoms with Gasteiger partial charge in [-0.2, -0.15) is 0 Å². The Bertz CT molecular complexity index is 1630. The lowest BCUT2D eigenvalue weighted by molar-refractivity contribution is 0.0491. The Balaban J connectivity index is 1.64. The van der Waals surface area contributed by atoms with Crippen LogP contribution in [0.2, 0.25) is 0 Å². The Morgan fingerprint density at radius 2 is 1.65 bits per heavy atom. The first-order valence-electron chi connectivity index (χ1n) is 17.4. The van der Waals surface area contributed by atoms with E-state index in [0.717, 1.165) is 78.2 Å². The summed E-state index contributed by atoms with van der Waals surface area (Å²) in [6, 6.07) is 13.8. The zero-order valence-corrected chi connectivity index (χ0v) is 30.5. The highest BCUT2D eigenvalue weighted by atomic mass is 16.6. The topological polar surface area (TPSA) is 122 Å². The summed E-state index contributed by atoms with van der Waals surface area (Å²) in [7, 11) is 1.64. The second-order valence-corrected chi connectivity index (χ2v) is 14.0. The van der Waals surface area contributed by atoms with Crippen molar-refractivity contribution >= 4 is 17.7 Å². The van der Waals surface area contributed by atoms with Crippen LogP contribution in [-0.4, -0.2) is 61.5 Å². The van der Waals surface area contributed by atoms with Crippen LogP contribution in [0, 0.1) is 20.8 Å². The number of hydrogen-bond donors (Lipinski definition) is 3. The minimum Gasteiger partial charge on any atom is -0.491 e. The average molecular weight is 675 g/mol. The summed E-state index contributed by atoms with van der Waals surface area (Å²) in [5, 5.41) is 6.09. The molecule has 1 saturated carbocycles. The van der Waals surface area contributed by atoms with Crippen LogP contribution in [0.3, 0.4) is 0 Å². The van der Waals surface area contributed by atoms with Gasteiger partial charge in [-0.1, -0.05) is 19.1 Å². The molecule has 10 heteroatoms. The monoisotopic (exact) mass is 674 g/mol. The molecule has 2 amide bonds. The number of nitrogens with one attached hydrogen (secondary N) is 3. The molecule has 49 heavy (non-hydrogen) atoms.